The lowest BCUT2D eigenvalue weighted by Crippen LogP contribution is -3.00. The van der Waals surface area contributed by atoms with Crippen molar-refractivity contribution in [2.75, 3.05) is 14.2 Å². The van der Waals surface area contributed by atoms with Crippen LogP contribution in [0.4, 0.5) is 0 Å². The van der Waals surface area contributed by atoms with Gasteiger partial charge in [-0.1, -0.05) is 48.5 Å². The van der Waals surface area contributed by atoms with Gasteiger partial charge in [-0.25, -0.2) is 0 Å². The highest BCUT2D eigenvalue weighted by atomic mass is 127. The molecule has 148 valence electrons. The van der Waals surface area contributed by atoms with Crippen LogP contribution < -0.4 is 54.7 Å². The molecule has 0 saturated carbocycles. The van der Waals surface area contributed by atoms with Gasteiger partial charge in [0.05, 0.1) is 14.2 Å². The summed E-state index contributed by atoms with van der Waals surface area (Å²) in [6, 6.07) is 30.6. The number of methoxy groups -OCH3 is 2. The minimum absolute atomic E-state index is 0. The SMILES string of the molecule is COc1cccc2c1[P+]1(c3ccccc3-2)c2ccccc2-c2cccc(OC)c21.[I-]. The Hall–Kier alpha value is -2.36. The minimum atomic E-state index is -2.12. The normalized spacial score (nSPS) is 13.7. The molecule has 0 bridgehead atoms. The monoisotopic (exact) mass is 522 g/mol. The Labute approximate surface area is 194 Å². The van der Waals surface area contributed by atoms with E-state index in [0.29, 0.717) is 0 Å². The van der Waals surface area contributed by atoms with Gasteiger partial charge in [-0.3, -0.25) is 0 Å². The van der Waals surface area contributed by atoms with Crippen molar-refractivity contribution in [2.45, 2.75) is 0 Å². The van der Waals surface area contributed by atoms with Crippen LogP contribution in [-0.2, 0) is 0 Å². The molecule has 0 atom stereocenters. The molecule has 0 fully saturated rings. The van der Waals surface area contributed by atoms with Crippen LogP contribution in [0.2, 0.25) is 0 Å². The van der Waals surface area contributed by atoms with Gasteiger partial charge in [0.2, 0.25) is 0 Å². The summed E-state index contributed by atoms with van der Waals surface area (Å²) >= 11 is 0. The molecular formula is C26H20IO2P. The van der Waals surface area contributed by atoms with Crippen LogP contribution in [0.5, 0.6) is 11.5 Å². The standard InChI is InChI=1S/C26H20O2P.HI/c1-27-21-13-7-11-19-17-9-3-5-15-23(17)29(25(19)21)24-16-6-4-10-18(24)20-12-8-14-22(28-2)26(20)29;/h3-16H,1-2H3;1H/q+1;/p-1. The second-order valence-electron chi connectivity index (χ2n) is 7.42. The molecule has 0 amide bonds. The first-order valence-electron chi connectivity index (χ1n) is 9.76. The molecule has 0 radical (unpaired) electrons. The van der Waals surface area contributed by atoms with E-state index in [0.717, 1.165) is 11.5 Å². The molecule has 2 aliphatic rings. The van der Waals surface area contributed by atoms with Crippen molar-refractivity contribution in [3.8, 4) is 33.8 Å². The van der Waals surface area contributed by atoms with Crippen LogP contribution in [0, 0.1) is 0 Å². The summed E-state index contributed by atoms with van der Waals surface area (Å²) in [4.78, 5) is 0. The van der Waals surface area contributed by atoms with E-state index < -0.39 is 7.26 Å². The van der Waals surface area contributed by atoms with E-state index in [1.54, 1.807) is 14.2 Å². The minimum Gasteiger partial charge on any atom is -1.00 e. The average Bonchev–Trinajstić information content (AvgIpc) is 3.26. The molecule has 4 heteroatoms. The number of hydrogen-bond acceptors (Lipinski definition) is 2. The Morgan fingerprint density at radius 3 is 1.33 bits per heavy atom. The van der Waals surface area contributed by atoms with Crippen molar-refractivity contribution in [3.63, 3.8) is 0 Å². The highest BCUT2D eigenvalue weighted by molar-refractivity contribution is 8.03. The molecule has 4 aromatic carbocycles. The van der Waals surface area contributed by atoms with E-state index in [1.807, 2.05) is 0 Å². The second kappa shape index (κ2) is 7.11. The van der Waals surface area contributed by atoms with E-state index >= 15 is 0 Å². The quantitative estimate of drug-likeness (QED) is 0.252. The van der Waals surface area contributed by atoms with Crippen LogP contribution in [0.1, 0.15) is 0 Å². The number of halogens is 1. The molecule has 2 aliphatic heterocycles. The van der Waals surface area contributed by atoms with Crippen LogP contribution in [0.3, 0.4) is 0 Å². The van der Waals surface area contributed by atoms with Gasteiger partial charge < -0.3 is 33.5 Å². The molecule has 30 heavy (non-hydrogen) atoms. The first-order valence-corrected chi connectivity index (χ1v) is 11.6. The van der Waals surface area contributed by atoms with Gasteiger partial charge in [-0.05, 0) is 36.4 Å². The van der Waals surface area contributed by atoms with Crippen molar-refractivity contribution < 1.29 is 33.5 Å². The van der Waals surface area contributed by atoms with E-state index in [9.17, 15) is 0 Å². The Kier molecular flexibility index (Phi) is 4.64. The number of hydrogen-bond donors (Lipinski definition) is 0. The first-order chi connectivity index (χ1) is 14.3. The molecule has 0 N–H and O–H groups in total. The highest BCUT2D eigenvalue weighted by Gasteiger charge is 2.63. The van der Waals surface area contributed by atoms with Crippen molar-refractivity contribution in [3.05, 3.63) is 84.9 Å². The Morgan fingerprint density at radius 1 is 0.500 bits per heavy atom. The lowest BCUT2D eigenvalue weighted by atomic mass is 10.1. The predicted octanol–water partition coefficient (Wildman–Crippen LogP) is 1.29. The fraction of sp³-hybridized carbons (Fsp3) is 0.0769. The lowest BCUT2D eigenvalue weighted by molar-refractivity contribution is -0.00000601. The summed E-state index contributed by atoms with van der Waals surface area (Å²) in [5.41, 5.74) is 5.18. The number of fused-ring (bicyclic) bond motifs is 10. The largest absolute Gasteiger partial charge is 1.00 e. The van der Waals surface area contributed by atoms with Crippen LogP contribution >= 0.6 is 7.26 Å². The van der Waals surface area contributed by atoms with E-state index in [-0.39, 0.29) is 24.0 Å². The molecule has 6 rings (SSSR count). The number of benzene rings is 4. The molecule has 0 aromatic heterocycles. The summed E-state index contributed by atoms with van der Waals surface area (Å²) in [7, 11) is 1.44. The predicted molar refractivity (Wildman–Crippen MR) is 122 cm³/mol. The summed E-state index contributed by atoms with van der Waals surface area (Å²) in [5, 5.41) is 5.43. The molecule has 0 unspecified atom stereocenters. The molecule has 0 aliphatic carbocycles. The summed E-state index contributed by atoms with van der Waals surface area (Å²) in [6.45, 7) is 0. The van der Waals surface area contributed by atoms with Crippen molar-refractivity contribution in [2.24, 2.45) is 0 Å². The van der Waals surface area contributed by atoms with Gasteiger partial charge in [0, 0.05) is 22.3 Å². The Morgan fingerprint density at radius 2 is 0.900 bits per heavy atom. The fourth-order valence-electron chi connectivity index (χ4n) is 5.21. The van der Waals surface area contributed by atoms with Gasteiger partial charge in [-0.15, -0.1) is 0 Å². The smallest absolute Gasteiger partial charge is 0.162 e. The fourth-order valence-corrected chi connectivity index (χ4v) is 10.5. The average molecular weight is 522 g/mol. The maximum absolute atomic E-state index is 5.97. The van der Waals surface area contributed by atoms with E-state index in [4.69, 9.17) is 9.47 Å². The zero-order valence-electron chi connectivity index (χ0n) is 16.7. The topological polar surface area (TPSA) is 18.5 Å². The summed E-state index contributed by atoms with van der Waals surface area (Å²) in [5.74, 6) is 1.92. The number of ether oxygens (including phenoxy) is 2. The third kappa shape index (κ3) is 2.23. The summed E-state index contributed by atoms with van der Waals surface area (Å²) in [6.07, 6.45) is 0. The first kappa shape index (κ1) is 19.6. The van der Waals surface area contributed by atoms with Gasteiger partial charge in [0.1, 0.15) is 10.6 Å². The highest BCUT2D eigenvalue weighted by Crippen LogP contribution is 2.69. The van der Waals surface area contributed by atoms with Crippen molar-refractivity contribution in [1.29, 1.82) is 0 Å². The van der Waals surface area contributed by atoms with Gasteiger partial charge in [-0.2, -0.15) is 0 Å². The number of rotatable bonds is 2. The molecular weight excluding hydrogens is 502 g/mol. The molecule has 4 aromatic rings. The Balaban J connectivity index is 0.00000193. The molecule has 2 heterocycles. The molecule has 0 saturated heterocycles. The van der Waals surface area contributed by atoms with Crippen LogP contribution in [-0.4, -0.2) is 14.2 Å². The lowest BCUT2D eigenvalue weighted by Gasteiger charge is -2.23. The Bertz CT molecular complexity index is 1200. The van der Waals surface area contributed by atoms with E-state index in [1.165, 1.54) is 43.5 Å². The zero-order valence-corrected chi connectivity index (χ0v) is 19.8. The van der Waals surface area contributed by atoms with Gasteiger partial charge in [0.15, 0.2) is 29.4 Å². The third-order valence-electron chi connectivity index (χ3n) is 6.22. The zero-order chi connectivity index (χ0) is 19.6. The van der Waals surface area contributed by atoms with Crippen molar-refractivity contribution in [1.82, 2.24) is 0 Å². The van der Waals surface area contributed by atoms with E-state index in [2.05, 4.69) is 84.9 Å². The van der Waals surface area contributed by atoms with Crippen LogP contribution in [0.25, 0.3) is 22.3 Å². The van der Waals surface area contributed by atoms with Gasteiger partial charge in [0.25, 0.3) is 0 Å². The second-order valence-corrected chi connectivity index (χ2v) is 10.6. The van der Waals surface area contributed by atoms with Crippen molar-refractivity contribution >= 4 is 28.5 Å². The third-order valence-corrected chi connectivity index (χ3v) is 10.7. The van der Waals surface area contributed by atoms with Gasteiger partial charge >= 0.3 is 0 Å². The molecule has 2 nitrogen and oxygen atoms in total. The maximum atomic E-state index is 5.97. The molecule has 1 spiro atoms. The van der Waals surface area contributed by atoms with Crippen LogP contribution in [0.15, 0.2) is 84.9 Å². The summed E-state index contributed by atoms with van der Waals surface area (Å²) < 4.78 is 11.9. The maximum Gasteiger partial charge on any atom is 0.162 e.